The van der Waals surface area contributed by atoms with Gasteiger partial charge in [-0.25, -0.2) is 4.98 Å². The molecule has 30 heavy (non-hydrogen) atoms. The summed E-state index contributed by atoms with van der Waals surface area (Å²) in [6, 6.07) is 12.3. The number of benzene rings is 2. The predicted octanol–water partition coefficient (Wildman–Crippen LogP) is 3.95. The number of rotatable bonds is 7. The zero-order valence-corrected chi connectivity index (χ0v) is 17.6. The number of aromatic nitrogens is 2. The number of carbonyl (C=O) groups is 2. The number of nitrogens with one attached hydrogen (secondary N) is 1. The molecule has 2 aromatic carbocycles. The lowest BCUT2D eigenvalue weighted by molar-refractivity contribution is -0.124. The molecule has 0 radical (unpaired) electrons. The highest BCUT2D eigenvalue weighted by molar-refractivity contribution is 6.31. The van der Waals surface area contributed by atoms with Crippen molar-refractivity contribution in [1.29, 1.82) is 0 Å². The molecule has 1 aromatic heterocycles. The number of anilines is 2. The van der Waals surface area contributed by atoms with Crippen LogP contribution in [-0.2, 0) is 14.3 Å². The maximum absolute atomic E-state index is 13.2. The molecule has 1 atom stereocenters. The van der Waals surface area contributed by atoms with E-state index in [0.717, 1.165) is 16.6 Å². The number of para-hydroxylation sites is 2. The van der Waals surface area contributed by atoms with Crippen LogP contribution in [0.4, 0.5) is 11.6 Å². The Labute approximate surface area is 179 Å². The minimum Gasteiger partial charge on any atom is -0.385 e. The molecule has 0 saturated carbocycles. The van der Waals surface area contributed by atoms with Crippen molar-refractivity contribution >= 4 is 46.1 Å². The van der Waals surface area contributed by atoms with Crippen LogP contribution in [0.1, 0.15) is 24.4 Å². The number of carbonyl (C=O) groups excluding carboxylic acids is 2. The van der Waals surface area contributed by atoms with E-state index in [1.165, 1.54) is 0 Å². The molecule has 2 amide bonds. The number of halogens is 1. The Bertz CT molecular complexity index is 1110. The van der Waals surface area contributed by atoms with Crippen molar-refractivity contribution in [2.75, 3.05) is 30.5 Å². The van der Waals surface area contributed by atoms with E-state index in [2.05, 4.69) is 10.3 Å². The fraction of sp³-hybridized carbons (Fsp3) is 0.318. The van der Waals surface area contributed by atoms with Gasteiger partial charge in [0.05, 0.1) is 17.5 Å². The fourth-order valence-electron chi connectivity index (χ4n) is 3.73. The Balaban J connectivity index is 1.60. The monoisotopic (exact) mass is 426 g/mol. The first kappa shape index (κ1) is 20.4. The number of ether oxygens (including phenoxy) is 1. The topological polar surface area (TPSA) is 76.5 Å². The first-order valence-corrected chi connectivity index (χ1v) is 10.2. The average molecular weight is 427 g/mol. The van der Waals surface area contributed by atoms with Crippen molar-refractivity contribution in [3.63, 3.8) is 0 Å². The molecule has 0 fully saturated rings. The van der Waals surface area contributed by atoms with Crippen molar-refractivity contribution in [2.24, 2.45) is 0 Å². The van der Waals surface area contributed by atoms with Gasteiger partial charge in [0.25, 0.3) is 5.91 Å². The molecule has 156 valence electrons. The average Bonchev–Trinajstić information content (AvgIpc) is 3.21. The first-order chi connectivity index (χ1) is 14.5. The molecule has 0 spiro atoms. The third kappa shape index (κ3) is 3.78. The van der Waals surface area contributed by atoms with Crippen LogP contribution in [0.5, 0.6) is 0 Å². The smallest absolute Gasteiger partial charge is 0.253 e. The first-order valence-electron chi connectivity index (χ1n) is 9.83. The molecule has 7 nitrogen and oxygen atoms in total. The second-order valence-electron chi connectivity index (χ2n) is 7.34. The molecule has 0 unspecified atom stereocenters. The Morgan fingerprint density at radius 3 is 2.83 bits per heavy atom. The highest BCUT2D eigenvalue weighted by atomic mass is 35.5. The summed E-state index contributed by atoms with van der Waals surface area (Å²) in [5, 5.41) is 3.43. The standard InChI is InChI=1S/C22H23ClN4O3/c1-14-8-9-15(12-16(14)23)24-20(28)13-19-21(29)26(10-5-11-30-2)22-25-17-6-3-4-7-18(17)27(19)22/h3-4,6-9,12,19H,5,10-11,13H2,1-2H3,(H,24,28)/t19-/m1/s1. The van der Waals surface area contributed by atoms with Gasteiger partial charge in [0, 0.05) is 31.0 Å². The highest BCUT2D eigenvalue weighted by Gasteiger charge is 2.40. The van der Waals surface area contributed by atoms with Gasteiger partial charge in [0.2, 0.25) is 11.9 Å². The SMILES string of the molecule is COCCCN1C(=O)[C@@H](CC(=O)Nc2ccc(C)c(Cl)c2)n2c1nc1ccccc12. The summed E-state index contributed by atoms with van der Waals surface area (Å²) in [4.78, 5) is 32.2. The second kappa shape index (κ2) is 8.45. The molecule has 0 aliphatic carbocycles. The van der Waals surface area contributed by atoms with E-state index < -0.39 is 6.04 Å². The molecule has 1 N–H and O–H groups in total. The van der Waals surface area contributed by atoms with Crippen molar-refractivity contribution in [3.8, 4) is 0 Å². The van der Waals surface area contributed by atoms with Gasteiger partial charge < -0.3 is 10.1 Å². The second-order valence-corrected chi connectivity index (χ2v) is 7.75. The quantitative estimate of drug-likeness (QED) is 0.580. The number of hydrogen-bond acceptors (Lipinski definition) is 4. The molecule has 3 aromatic rings. The number of fused-ring (bicyclic) bond motifs is 3. The van der Waals surface area contributed by atoms with Gasteiger partial charge in [-0.15, -0.1) is 0 Å². The number of hydrogen-bond donors (Lipinski definition) is 1. The Morgan fingerprint density at radius 2 is 2.07 bits per heavy atom. The van der Waals surface area contributed by atoms with E-state index in [1.807, 2.05) is 41.8 Å². The maximum atomic E-state index is 13.2. The molecule has 1 aliphatic rings. The Hall–Kier alpha value is -2.90. The van der Waals surface area contributed by atoms with E-state index in [1.54, 1.807) is 24.1 Å². The van der Waals surface area contributed by atoms with Gasteiger partial charge in [-0.05, 0) is 43.2 Å². The number of aryl methyl sites for hydroxylation is 1. The maximum Gasteiger partial charge on any atom is 0.253 e. The van der Waals surface area contributed by atoms with Crippen molar-refractivity contribution in [1.82, 2.24) is 9.55 Å². The number of amides is 2. The van der Waals surface area contributed by atoms with Crippen LogP contribution in [-0.4, -0.2) is 41.6 Å². The van der Waals surface area contributed by atoms with Crippen LogP contribution in [0, 0.1) is 6.92 Å². The number of methoxy groups -OCH3 is 1. The zero-order chi connectivity index (χ0) is 21.3. The molecule has 2 heterocycles. The molecule has 8 heteroatoms. The van der Waals surface area contributed by atoms with Gasteiger partial charge in [-0.3, -0.25) is 19.1 Å². The molecular formula is C22H23ClN4O3. The van der Waals surface area contributed by atoms with E-state index in [0.29, 0.717) is 36.2 Å². The van der Waals surface area contributed by atoms with Crippen molar-refractivity contribution < 1.29 is 14.3 Å². The minimum atomic E-state index is -0.643. The minimum absolute atomic E-state index is 0.0124. The van der Waals surface area contributed by atoms with Crippen LogP contribution in [0.15, 0.2) is 42.5 Å². The largest absolute Gasteiger partial charge is 0.385 e. The van der Waals surface area contributed by atoms with Crippen LogP contribution in [0.2, 0.25) is 5.02 Å². The van der Waals surface area contributed by atoms with Crippen molar-refractivity contribution in [2.45, 2.75) is 25.8 Å². The lowest BCUT2D eigenvalue weighted by Gasteiger charge is -2.16. The third-order valence-electron chi connectivity index (χ3n) is 5.25. The van der Waals surface area contributed by atoms with Crippen LogP contribution in [0.25, 0.3) is 11.0 Å². The normalized spacial score (nSPS) is 15.6. The summed E-state index contributed by atoms with van der Waals surface area (Å²) in [7, 11) is 1.63. The van der Waals surface area contributed by atoms with Gasteiger partial charge in [0.1, 0.15) is 6.04 Å². The summed E-state index contributed by atoms with van der Waals surface area (Å²) >= 11 is 6.15. The summed E-state index contributed by atoms with van der Waals surface area (Å²) in [5.74, 6) is 0.195. The molecule has 4 rings (SSSR count). The fourth-order valence-corrected chi connectivity index (χ4v) is 3.91. The zero-order valence-electron chi connectivity index (χ0n) is 16.9. The van der Waals surface area contributed by atoms with E-state index in [4.69, 9.17) is 16.3 Å². The lowest BCUT2D eigenvalue weighted by atomic mass is 10.1. The molecule has 0 bridgehead atoms. The molecule has 0 saturated heterocycles. The third-order valence-corrected chi connectivity index (χ3v) is 5.65. The Kier molecular flexibility index (Phi) is 5.74. The highest BCUT2D eigenvalue weighted by Crippen LogP contribution is 2.36. The summed E-state index contributed by atoms with van der Waals surface area (Å²) in [6.07, 6.45) is 0.699. The lowest BCUT2D eigenvalue weighted by Crippen LogP contribution is -2.32. The molecular weight excluding hydrogens is 404 g/mol. The van der Waals surface area contributed by atoms with E-state index in [9.17, 15) is 9.59 Å². The van der Waals surface area contributed by atoms with Crippen LogP contribution in [0.3, 0.4) is 0 Å². The van der Waals surface area contributed by atoms with E-state index in [-0.39, 0.29) is 18.2 Å². The summed E-state index contributed by atoms with van der Waals surface area (Å²) in [6.45, 7) is 2.93. The number of imidazole rings is 1. The van der Waals surface area contributed by atoms with Gasteiger partial charge >= 0.3 is 0 Å². The Morgan fingerprint density at radius 1 is 1.27 bits per heavy atom. The van der Waals surface area contributed by atoms with Crippen LogP contribution >= 0.6 is 11.6 Å². The van der Waals surface area contributed by atoms with Crippen LogP contribution < -0.4 is 10.2 Å². The predicted molar refractivity (Wildman–Crippen MR) is 117 cm³/mol. The van der Waals surface area contributed by atoms with Gasteiger partial charge in [-0.2, -0.15) is 0 Å². The van der Waals surface area contributed by atoms with E-state index >= 15 is 0 Å². The van der Waals surface area contributed by atoms with Gasteiger partial charge in [-0.1, -0.05) is 29.8 Å². The van der Waals surface area contributed by atoms with Crippen molar-refractivity contribution in [3.05, 3.63) is 53.1 Å². The van der Waals surface area contributed by atoms with Gasteiger partial charge in [0.15, 0.2) is 0 Å². The molecule has 1 aliphatic heterocycles. The summed E-state index contributed by atoms with van der Waals surface area (Å²) < 4.78 is 6.99. The summed E-state index contributed by atoms with van der Waals surface area (Å²) in [5.41, 5.74) is 3.18. The number of nitrogens with zero attached hydrogens (tertiary/aromatic N) is 3.